The predicted octanol–water partition coefficient (Wildman–Crippen LogP) is 1.82. The average molecular weight is 232 g/mol. The molecule has 1 N–H and O–H groups in total. The lowest BCUT2D eigenvalue weighted by atomic mass is 10.1. The van der Waals surface area contributed by atoms with Crippen molar-refractivity contribution in [2.24, 2.45) is 0 Å². The standard InChI is InChI=1S/C14H20N2O/c1-11-5-3-6-12(9-11)14(17)16-8-4-7-13(16)10-15-2/h3,5-6,9,13,15H,4,7-8,10H2,1-2H3/t13-/m0/s1. The van der Waals surface area contributed by atoms with E-state index in [1.807, 2.05) is 43.1 Å². The van der Waals surface area contributed by atoms with Crippen LogP contribution in [-0.2, 0) is 0 Å². The highest BCUT2D eigenvalue weighted by atomic mass is 16.2. The van der Waals surface area contributed by atoms with E-state index >= 15 is 0 Å². The van der Waals surface area contributed by atoms with Gasteiger partial charge in [-0.1, -0.05) is 17.7 Å². The number of hydrogen-bond donors (Lipinski definition) is 1. The van der Waals surface area contributed by atoms with Gasteiger partial charge in [0.05, 0.1) is 0 Å². The second kappa shape index (κ2) is 5.32. The summed E-state index contributed by atoms with van der Waals surface area (Å²) in [5.41, 5.74) is 1.95. The van der Waals surface area contributed by atoms with Crippen LogP contribution in [0.25, 0.3) is 0 Å². The van der Waals surface area contributed by atoms with E-state index in [1.54, 1.807) is 0 Å². The molecular weight excluding hydrogens is 212 g/mol. The highest BCUT2D eigenvalue weighted by Crippen LogP contribution is 2.19. The molecule has 1 aliphatic rings. The number of nitrogens with zero attached hydrogens (tertiary/aromatic N) is 1. The van der Waals surface area contributed by atoms with Crippen LogP contribution in [0.3, 0.4) is 0 Å². The fourth-order valence-corrected chi connectivity index (χ4v) is 2.49. The van der Waals surface area contributed by atoms with Gasteiger partial charge >= 0.3 is 0 Å². The molecule has 0 spiro atoms. The van der Waals surface area contributed by atoms with Crippen molar-refractivity contribution < 1.29 is 4.79 Å². The first-order valence-corrected chi connectivity index (χ1v) is 6.24. The van der Waals surface area contributed by atoms with Crippen LogP contribution in [0.4, 0.5) is 0 Å². The maximum absolute atomic E-state index is 12.4. The molecule has 1 amide bonds. The minimum atomic E-state index is 0.173. The fraction of sp³-hybridized carbons (Fsp3) is 0.500. The lowest BCUT2D eigenvalue weighted by Crippen LogP contribution is -2.40. The number of nitrogens with one attached hydrogen (secondary N) is 1. The second-order valence-corrected chi connectivity index (χ2v) is 4.72. The molecule has 1 aromatic rings. The topological polar surface area (TPSA) is 32.3 Å². The van der Waals surface area contributed by atoms with Crippen LogP contribution in [0.1, 0.15) is 28.8 Å². The zero-order valence-electron chi connectivity index (χ0n) is 10.6. The molecular formula is C14H20N2O. The zero-order valence-corrected chi connectivity index (χ0v) is 10.6. The number of hydrogen-bond acceptors (Lipinski definition) is 2. The van der Waals surface area contributed by atoms with Crippen molar-refractivity contribution in [2.45, 2.75) is 25.8 Å². The third kappa shape index (κ3) is 2.67. The molecule has 3 heteroatoms. The van der Waals surface area contributed by atoms with Crippen molar-refractivity contribution in [3.05, 3.63) is 35.4 Å². The van der Waals surface area contributed by atoms with Gasteiger partial charge in [0, 0.05) is 24.7 Å². The Morgan fingerprint density at radius 3 is 3.06 bits per heavy atom. The van der Waals surface area contributed by atoms with E-state index in [-0.39, 0.29) is 5.91 Å². The number of benzene rings is 1. The molecule has 1 heterocycles. The molecule has 3 nitrogen and oxygen atoms in total. The summed E-state index contributed by atoms with van der Waals surface area (Å²) in [4.78, 5) is 14.4. The van der Waals surface area contributed by atoms with Crippen molar-refractivity contribution in [3.8, 4) is 0 Å². The first kappa shape index (κ1) is 12.1. The summed E-state index contributed by atoms with van der Waals surface area (Å²) in [6.07, 6.45) is 2.22. The molecule has 2 rings (SSSR count). The Hall–Kier alpha value is -1.35. The lowest BCUT2D eigenvalue weighted by Gasteiger charge is -2.24. The smallest absolute Gasteiger partial charge is 0.254 e. The molecule has 1 saturated heterocycles. The van der Waals surface area contributed by atoms with Gasteiger partial charge < -0.3 is 10.2 Å². The predicted molar refractivity (Wildman–Crippen MR) is 69.2 cm³/mol. The fourth-order valence-electron chi connectivity index (χ4n) is 2.49. The molecule has 0 bridgehead atoms. The van der Waals surface area contributed by atoms with Crippen LogP contribution in [0.2, 0.25) is 0 Å². The number of likely N-dealkylation sites (N-methyl/N-ethyl adjacent to an activating group) is 1. The molecule has 0 unspecified atom stereocenters. The Balaban J connectivity index is 2.14. The first-order chi connectivity index (χ1) is 8.22. The van der Waals surface area contributed by atoms with Crippen LogP contribution >= 0.6 is 0 Å². The van der Waals surface area contributed by atoms with Crippen molar-refractivity contribution in [1.29, 1.82) is 0 Å². The van der Waals surface area contributed by atoms with E-state index in [2.05, 4.69) is 5.32 Å². The Kier molecular flexibility index (Phi) is 3.79. The molecule has 0 aliphatic carbocycles. The van der Waals surface area contributed by atoms with Gasteiger partial charge in [0.15, 0.2) is 0 Å². The normalized spacial score (nSPS) is 19.6. The minimum absolute atomic E-state index is 0.173. The Morgan fingerprint density at radius 2 is 2.35 bits per heavy atom. The molecule has 1 fully saturated rings. The second-order valence-electron chi connectivity index (χ2n) is 4.72. The van der Waals surface area contributed by atoms with E-state index in [4.69, 9.17) is 0 Å². The highest BCUT2D eigenvalue weighted by molar-refractivity contribution is 5.94. The maximum Gasteiger partial charge on any atom is 0.254 e. The van der Waals surface area contributed by atoms with Crippen LogP contribution in [0, 0.1) is 6.92 Å². The summed E-state index contributed by atoms with van der Waals surface area (Å²) in [6.45, 7) is 3.79. The Labute approximate surface area is 103 Å². The van der Waals surface area contributed by atoms with E-state index in [9.17, 15) is 4.79 Å². The van der Waals surface area contributed by atoms with Crippen LogP contribution in [-0.4, -0.2) is 37.0 Å². The van der Waals surface area contributed by atoms with Gasteiger partial charge in [0.1, 0.15) is 0 Å². The monoisotopic (exact) mass is 232 g/mol. The van der Waals surface area contributed by atoms with Crippen molar-refractivity contribution >= 4 is 5.91 Å². The summed E-state index contributed by atoms with van der Waals surface area (Å²) in [5.74, 6) is 0.173. The third-order valence-corrected chi connectivity index (χ3v) is 3.34. The van der Waals surface area contributed by atoms with Crippen molar-refractivity contribution in [2.75, 3.05) is 20.1 Å². The van der Waals surface area contributed by atoms with Crippen LogP contribution < -0.4 is 5.32 Å². The van der Waals surface area contributed by atoms with Gasteiger partial charge in [-0.05, 0) is 38.9 Å². The molecule has 92 valence electrons. The molecule has 1 atom stereocenters. The number of likely N-dealkylation sites (tertiary alicyclic amines) is 1. The molecule has 0 radical (unpaired) electrons. The Bertz CT molecular complexity index is 403. The van der Waals surface area contributed by atoms with E-state index in [0.29, 0.717) is 6.04 Å². The van der Waals surface area contributed by atoms with E-state index in [0.717, 1.165) is 37.1 Å². The number of rotatable bonds is 3. The van der Waals surface area contributed by atoms with Crippen molar-refractivity contribution in [1.82, 2.24) is 10.2 Å². The number of carbonyl (C=O) groups is 1. The highest BCUT2D eigenvalue weighted by Gasteiger charge is 2.28. The van der Waals surface area contributed by atoms with Gasteiger partial charge in [-0.15, -0.1) is 0 Å². The zero-order chi connectivity index (χ0) is 12.3. The first-order valence-electron chi connectivity index (χ1n) is 6.24. The third-order valence-electron chi connectivity index (χ3n) is 3.34. The molecule has 1 aliphatic heterocycles. The summed E-state index contributed by atoms with van der Waals surface area (Å²) >= 11 is 0. The van der Waals surface area contributed by atoms with Gasteiger partial charge in [-0.3, -0.25) is 4.79 Å². The van der Waals surface area contributed by atoms with Crippen LogP contribution in [0.5, 0.6) is 0 Å². The number of aryl methyl sites for hydroxylation is 1. The van der Waals surface area contributed by atoms with E-state index in [1.165, 1.54) is 0 Å². The SMILES string of the molecule is CNC[C@@H]1CCCN1C(=O)c1cccc(C)c1. The molecule has 0 aromatic heterocycles. The number of carbonyl (C=O) groups excluding carboxylic acids is 1. The maximum atomic E-state index is 12.4. The summed E-state index contributed by atoms with van der Waals surface area (Å²) in [7, 11) is 1.94. The lowest BCUT2D eigenvalue weighted by molar-refractivity contribution is 0.0737. The van der Waals surface area contributed by atoms with Gasteiger partial charge in [-0.2, -0.15) is 0 Å². The summed E-state index contributed by atoms with van der Waals surface area (Å²) in [6, 6.07) is 8.20. The molecule has 1 aromatic carbocycles. The largest absolute Gasteiger partial charge is 0.334 e. The van der Waals surface area contributed by atoms with Crippen molar-refractivity contribution in [3.63, 3.8) is 0 Å². The minimum Gasteiger partial charge on any atom is -0.334 e. The quantitative estimate of drug-likeness (QED) is 0.862. The molecule has 0 saturated carbocycles. The molecule has 17 heavy (non-hydrogen) atoms. The Morgan fingerprint density at radius 1 is 1.53 bits per heavy atom. The van der Waals surface area contributed by atoms with Crippen LogP contribution in [0.15, 0.2) is 24.3 Å². The van der Waals surface area contributed by atoms with Gasteiger partial charge in [-0.25, -0.2) is 0 Å². The summed E-state index contributed by atoms with van der Waals surface area (Å²) in [5, 5.41) is 3.16. The summed E-state index contributed by atoms with van der Waals surface area (Å²) < 4.78 is 0. The number of amides is 1. The van der Waals surface area contributed by atoms with E-state index < -0.39 is 0 Å². The average Bonchev–Trinajstić information content (AvgIpc) is 2.77. The van der Waals surface area contributed by atoms with Gasteiger partial charge in [0.2, 0.25) is 0 Å². The van der Waals surface area contributed by atoms with Gasteiger partial charge in [0.25, 0.3) is 5.91 Å².